The fourth-order valence-electron chi connectivity index (χ4n) is 1.51. The maximum Gasteiger partial charge on any atom is 0.287 e. The zero-order valence-electron chi connectivity index (χ0n) is 9.88. The van der Waals surface area contributed by atoms with Crippen LogP contribution in [0.5, 0.6) is 11.5 Å². The summed E-state index contributed by atoms with van der Waals surface area (Å²) in [4.78, 5) is 20.9. The average Bonchev–Trinajstić information content (AvgIpc) is 2.42. The molecule has 2 rings (SSSR count). The lowest BCUT2D eigenvalue weighted by molar-refractivity contribution is -0.385. The van der Waals surface area contributed by atoms with Gasteiger partial charge in [-0.1, -0.05) is 17.7 Å². The maximum atomic E-state index is 10.8. The van der Waals surface area contributed by atoms with E-state index in [9.17, 15) is 14.9 Å². The topological polar surface area (TPSA) is 69.4 Å². The van der Waals surface area contributed by atoms with Gasteiger partial charge >= 0.3 is 0 Å². The second kappa shape index (κ2) is 6.02. The minimum atomic E-state index is -0.520. The van der Waals surface area contributed by atoms with Crippen LogP contribution in [0.3, 0.4) is 0 Å². The molecule has 7 heteroatoms. The molecule has 2 aromatic rings. The highest BCUT2D eigenvalue weighted by atomic mass is 79.9. The van der Waals surface area contributed by atoms with Crippen LogP contribution in [0.15, 0.2) is 40.9 Å². The number of nitrogens with zero attached hydrogens (tertiary/aromatic N) is 1. The summed E-state index contributed by atoms with van der Waals surface area (Å²) in [7, 11) is 0. The first-order chi connectivity index (χ1) is 9.52. The van der Waals surface area contributed by atoms with Gasteiger partial charge in [0.25, 0.3) is 5.69 Å². The van der Waals surface area contributed by atoms with Crippen molar-refractivity contribution >= 4 is 39.5 Å². The SMILES string of the molecule is O=Cc1ccc(Oc2cccc([N+](=O)[O-])c2Br)c(Cl)c1. The van der Waals surface area contributed by atoms with Gasteiger partial charge in [-0.3, -0.25) is 14.9 Å². The molecule has 0 aromatic heterocycles. The largest absolute Gasteiger partial charge is 0.454 e. The maximum absolute atomic E-state index is 10.8. The van der Waals surface area contributed by atoms with E-state index in [1.165, 1.54) is 24.3 Å². The number of carbonyl (C=O) groups excluding carboxylic acids is 1. The fourth-order valence-corrected chi connectivity index (χ4v) is 2.23. The molecule has 0 aliphatic carbocycles. The van der Waals surface area contributed by atoms with Crippen LogP contribution in [0, 0.1) is 10.1 Å². The van der Waals surface area contributed by atoms with Crippen LogP contribution < -0.4 is 4.74 Å². The normalized spacial score (nSPS) is 10.1. The molecule has 0 saturated carbocycles. The molecule has 0 atom stereocenters. The lowest BCUT2D eigenvalue weighted by atomic mass is 10.2. The van der Waals surface area contributed by atoms with Gasteiger partial charge in [-0.05, 0) is 40.2 Å². The van der Waals surface area contributed by atoms with E-state index in [0.717, 1.165) is 0 Å². The van der Waals surface area contributed by atoms with Gasteiger partial charge in [-0.2, -0.15) is 0 Å². The third-order valence-electron chi connectivity index (χ3n) is 2.45. The standard InChI is InChI=1S/C13H7BrClNO4/c14-13-10(16(18)19)2-1-3-12(13)20-11-5-4-8(7-17)6-9(11)15/h1-7H. The number of ether oxygens (including phenoxy) is 1. The third kappa shape index (κ3) is 2.97. The zero-order valence-corrected chi connectivity index (χ0v) is 12.2. The Morgan fingerprint density at radius 3 is 2.60 bits per heavy atom. The second-order valence-corrected chi connectivity index (χ2v) is 4.96. The number of carbonyl (C=O) groups is 1. The van der Waals surface area contributed by atoms with Gasteiger partial charge in [0, 0.05) is 11.6 Å². The number of hydrogen-bond donors (Lipinski definition) is 0. The summed E-state index contributed by atoms with van der Waals surface area (Å²) in [6, 6.07) is 8.95. The molecule has 102 valence electrons. The molecule has 0 heterocycles. The first-order valence-corrected chi connectivity index (χ1v) is 6.55. The first-order valence-electron chi connectivity index (χ1n) is 5.38. The van der Waals surface area contributed by atoms with E-state index in [4.69, 9.17) is 16.3 Å². The molecule has 0 amide bonds. The van der Waals surface area contributed by atoms with Crippen LogP contribution in [0.2, 0.25) is 5.02 Å². The molecule has 2 aromatic carbocycles. The van der Waals surface area contributed by atoms with E-state index in [1.54, 1.807) is 12.1 Å². The molecule has 0 aliphatic rings. The van der Waals surface area contributed by atoms with E-state index in [1.807, 2.05) is 0 Å². The summed E-state index contributed by atoms with van der Waals surface area (Å²) in [5.41, 5.74) is 0.309. The Morgan fingerprint density at radius 2 is 2.00 bits per heavy atom. The van der Waals surface area contributed by atoms with Crippen molar-refractivity contribution in [2.24, 2.45) is 0 Å². The smallest absolute Gasteiger partial charge is 0.287 e. The van der Waals surface area contributed by atoms with Gasteiger partial charge in [-0.15, -0.1) is 0 Å². The van der Waals surface area contributed by atoms with Crippen LogP contribution >= 0.6 is 27.5 Å². The predicted octanol–water partition coefficient (Wildman–Crippen LogP) is 4.62. The van der Waals surface area contributed by atoms with Gasteiger partial charge in [0.05, 0.1) is 9.95 Å². The van der Waals surface area contributed by atoms with Crippen LogP contribution in [0.4, 0.5) is 5.69 Å². The first kappa shape index (κ1) is 14.5. The Morgan fingerprint density at radius 1 is 1.25 bits per heavy atom. The summed E-state index contributed by atoms with van der Waals surface area (Å²) in [6.07, 6.45) is 0.666. The number of nitro groups is 1. The van der Waals surface area contributed by atoms with E-state index >= 15 is 0 Å². The molecule has 0 aliphatic heterocycles. The minimum Gasteiger partial charge on any atom is -0.454 e. The third-order valence-corrected chi connectivity index (χ3v) is 3.54. The Hall–Kier alpha value is -1.92. The Balaban J connectivity index is 2.38. The highest BCUT2D eigenvalue weighted by Crippen LogP contribution is 2.38. The lowest BCUT2D eigenvalue weighted by Gasteiger charge is -2.09. The van der Waals surface area contributed by atoms with Gasteiger partial charge in [-0.25, -0.2) is 0 Å². The predicted molar refractivity (Wildman–Crippen MR) is 77.7 cm³/mol. The van der Waals surface area contributed by atoms with E-state index in [0.29, 0.717) is 17.6 Å². The van der Waals surface area contributed by atoms with Crippen molar-refractivity contribution < 1.29 is 14.5 Å². The lowest BCUT2D eigenvalue weighted by Crippen LogP contribution is -1.93. The van der Waals surface area contributed by atoms with Crippen LogP contribution in [-0.4, -0.2) is 11.2 Å². The number of hydrogen-bond acceptors (Lipinski definition) is 4. The van der Waals surface area contributed by atoms with Crippen molar-refractivity contribution in [2.75, 3.05) is 0 Å². The van der Waals surface area contributed by atoms with Crippen LogP contribution in [0.25, 0.3) is 0 Å². The number of halogens is 2. The summed E-state index contributed by atoms with van der Waals surface area (Å²) in [5.74, 6) is 0.568. The summed E-state index contributed by atoms with van der Waals surface area (Å²) in [6.45, 7) is 0. The molecule has 20 heavy (non-hydrogen) atoms. The molecule has 0 radical (unpaired) electrons. The van der Waals surface area contributed by atoms with E-state index < -0.39 is 4.92 Å². The summed E-state index contributed by atoms with van der Waals surface area (Å²) < 4.78 is 5.75. The zero-order chi connectivity index (χ0) is 14.7. The molecular weight excluding hydrogens is 350 g/mol. The highest BCUT2D eigenvalue weighted by Gasteiger charge is 2.17. The average molecular weight is 357 g/mol. The molecule has 0 saturated heterocycles. The molecule has 0 unspecified atom stereocenters. The van der Waals surface area contributed by atoms with Crippen molar-refractivity contribution in [3.05, 3.63) is 61.6 Å². The minimum absolute atomic E-state index is 0.108. The molecule has 0 spiro atoms. The van der Waals surface area contributed by atoms with E-state index in [-0.39, 0.29) is 20.9 Å². The number of aldehydes is 1. The van der Waals surface area contributed by atoms with Crippen LogP contribution in [-0.2, 0) is 0 Å². The molecule has 0 N–H and O–H groups in total. The van der Waals surface area contributed by atoms with Crippen molar-refractivity contribution in [3.63, 3.8) is 0 Å². The quantitative estimate of drug-likeness (QED) is 0.455. The van der Waals surface area contributed by atoms with E-state index in [2.05, 4.69) is 15.9 Å². The van der Waals surface area contributed by atoms with Crippen molar-refractivity contribution in [1.82, 2.24) is 0 Å². The molecular formula is C13H7BrClNO4. The van der Waals surface area contributed by atoms with Gasteiger partial charge in [0.2, 0.25) is 0 Å². The monoisotopic (exact) mass is 355 g/mol. The molecule has 0 fully saturated rings. The van der Waals surface area contributed by atoms with Crippen molar-refractivity contribution in [3.8, 4) is 11.5 Å². The van der Waals surface area contributed by atoms with Gasteiger partial charge in [0.1, 0.15) is 22.3 Å². The molecule has 0 bridgehead atoms. The summed E-state index contributed by atoms with van der Waals surface area (Å²) in [5, 5.41) is 11.1. The Labute approximate surface area is 127 Å². The fraction of sp³-hybridized carbons (Fsp3) is 0. The summed E-state index contributed by atoms with van der Waals surface area (Å²) >= 11 is 9.11. The van der Waals surface area contributed by atoms with Crippen LogP contribution in [0.1, 0.15) is 10.4 Å². The van der Waals surface area contributed by atoms with Gasteiger partial charge < -0.3 is 4.74 Å². The highest BCUT2D eigenvalue weighted by molar-refractivity contribution is 9.10. The second-order valence-electron chi connectivity index (χ2n) is 3.76. The van der Waals surface area contributed by atoms with Gasteiger partial charge in [0.15, 0.2) is 0 Å². The number of benzene rings is 2. The Bertz CT molecular complexity index is 690. The molecule has 5 nitrogen and oxygen atoms in total. The van der Waals surface area contributed by atoms with Crippen molar-refractivity contribution in [1.29, 1.82) is 0 Å². The number of nitro benzene ring substituents is 1. The number of rotatable bonds is 4. The van der Waals surface area contributed by atoms with Crippen molar-refractivity contribution in [2.45, 2.75) is 0 Å². The Kier molecular flexibility index (Phi) is 4.36.